The number of pyridine rings is 1. The van der Waals surface area contributed by atoms with Crippen molar-refractivity contribution in [3.8, 4) is 11.3 Å². The molecular formula is C16H15N5O4S. The van der Waals surface area contributed by atoms with Crippen molar-refractivity contribution in [2.75, 3.05) is 6.54 Å². The molecule has 2 aromatic heterocycles. The van der Waals surface area contributed by atoms with Gasteiger partial charge < -0.3 is 0 Å². The van der Waals surface area contributed by atoms with Crippen LogP contribution in [0, 0.1) is 10.1 Å². The van der Waals surface area contributed by atoms with E-state index in [4.69, 9.17) is 0 Å². The van der Waals surface area contributed by atoms with E-state index in [9.17, 15) is 18.5 Å². The van der Waals surface area contributed by atoms with Crippen LogP contribution < -0.4 is 4.72 Å². The lowest BCUT2D eigenvalue weighted by molar-refractivity contribution is -0.384. The van der Waals surface area contributed by atoms with Crippen LogP contribution in [0.15, 0.2) is 66.0 Å². The summed E-state index contributed by atoms with van der Waals surface area (Å²) >= 11 is 0. The van der Waals surface area contributed by atoms with Gasteiger partial charge in [-0.15, -0.1) is 0 Å². The second-order valence-corrected chi connectivity index (χ2v) is 7.12. The molecule has 0 spiro atoms. The monoisotopic (exact) mass is 373 g/mol. The summed E-state index contributed by atoms with van der Waals surface area (Å²) in [5, 5.41) is 15.0. The van der Waals surface area contributed by atoms with Crippen LogP contribution in [0.3, 0.4) is 0 Å². The van der Waals surface area contributed by atoms with E-state index >= 15 is 0 Å². The minimum Gasteiger partial charge on any atom is -0.271 e. The van der Waals surface area contributed by atoms with Gasteiger partial charge in [-0.05, 0) is 30.3 Å². The Balaban J connectivity index is 1.60. The van der Waals surface area contributed by atoms with Crippen LogP contribution in [0.25, 0.3) is 11.3 Å². The Labute approximate surface area is 149 Å². The number of sulfonamides is 1. The number of aromatic nitrogens is 3. The highest BCUT2D eigenvalue weighted by atomic mass is 32.2. The third kappa shape index (κ3) is 4.10. The topological polar surface area (TPSA) is 120 Å². The van der Waals surface area contributed by atoms with Crippen LogP contribution >= 0.6 is 0 Å². The summed E-state index contributed by atoms with van der Waals surface area (Å²) < 4.78 is 28.5. The number of hydrogen-bond acceptors (Lipinski definition) is 6. The van der Waals surface area contributed by atoms with Gasteiger partial charge in [-0.2, -0.15) is 5.10 Å². The SMILES string of the molecule is O=[N+]([O-])c1ccc(S(=O)(=O)NCCn2ccc(-c3ccncc3)n2)cc1. The molecule has 1 N–H and O–H groups in total. The largest absolute Gasteiger partial charge is 0.271 e. The highest BCUT2D eigenvalue weighted by Gasteiger charge is 2.15. The first kappa shape index (κ1) is 17.7. The maximum atomic E-state index is 12.2. The van der Waals surface area contributed by atoms with Crippen LogP contribution in [0.1, 0.15) is 0 Å². The van der Waals surface area contributed by atoms with Crippen molar-refractivity contribution in [2.24, 2.45) is 0 Å². The zero-order chi connectivity index (χ0) is 18.6. The molecule has 0 radical (unpaired) electrons. The van der Waals surface area contributed by atoms with Crippen LogP contribution in [0.5, 0.6) is 0 Å². The number of benzene rings is 1. The van der Waals surface area contributed by atoms with E-state index in [0.29, 0.717) is 6.54 Å². The van der Waals surface area contributed by atoms with Crippen LogP contribution in [0.2, 0.25) is 0 Å². The number of nitro groups is 1. The molecule has 0 aliphatic rings. The predicted molar refractivity (Wildman–Crippen MR) is 93.7 cm³/mol. The minimum absolute atomic E-state index is 0.0268. The number of rotatable bonds is 7. The van der Waals surface area contributed by atoms with E-state index < -0.39 is 14.9 Å². The number of nitrogens with one attached hydrogen (secondary N) is 1. The maximum absolute atomic E-state index is 12.2. The highest BCUT2D eigenvalue weighted by molar-refractivity contribution is 7.89. The molecule has 0 fully saturated rings. The molecule has 0 amide bonds. The van der Waals surface area contributed by atoms with Gasteiger partial charge in [0.15, 0.2) is 0 Å². The maximum Gasteiger partial charge on any atom is 0.269 e. The standard InChI is InChI=1S/C16H15N5O4S/c22-21(23)14-1-3-15(4-2-14)26(24,25)18-10-12-20-11-7-16(19-20)13-5-8-17-9-6-13/h1-9,11,18H,10,12H2. The zero-order valence-corrected chi connectivity index (χ0v) is 14.3. The van der Waals surface area contributed by atoms with Crippen molar-refractivity contribution in [1.29, 1.82) is 0 Å². The fraction of sp³-hybridized carbons (Fsp3) is 0.125. The Morgan fingerprint density at radius 1 is 1.08 bits per heavy atom. The van der Waals surface area contributed by atoms with Crippen LogP contribution in [-0.2, 0) is 16.6 Å². The van der Waals surface area contributed by atoms with E-state index in [0.717, 1.165) is 23.4 Å². The van der Waals surface area contributed by atoms with Gasteiger partial charge in [0.1, 0.15) is 0 Å². The molecule has 0 aliphatic carbocycles. The average molecular weight is 373 g/mol. The van der Waals surface area contributed by atoms with Crippen molar-refractivity contribution in [3.05, 3.63) is 71.2 Å². The number of nitrogens with zero attached hydrogens (tertiary/aromatic N) is 4. The summed E-state index contributed by atoms with van der Waals surface area (Å²) in [6.07, 6.45) is 5.11. The summed E-state index contributed by atoms with van der Waals surface area (Å²) in [6.45, 7) is 0.480. The lowest BCUT2D eigenvalue weighted by Gasteiger charge is -2.07. The Morgan fingerprint density at radius 2 is 1.77 bits per heavy atom. The number of hydrogen-bond donors (Lipinski definition) is 1. The Bertz CT molecular complexity index is 1000. The first-order chi connectivity index (χ1) is 12.5. The lowest BCUT2D eigenvalue weighted by atomic mass is 10.2. The molecule has 0 saturated heterocycles. The minimum atomic E-state index is -3.74. The molecule has 26 heavy (non-hydrogen) atoms. The van der Waals surface area contributed by atoms with Crippen LogP contribution in [0.4, 0.5) is 5.69 Å². The molecule has 0 aliphatic heterocycles. The summed E-state index contributed by atoms with van der Waals surface area (Å²) in [5.41, 5.74) is 1.53. The van der Waals surface area contributed by atoms with Gasteiger partial charge in [-0.1, -0.05) is 0 Å². The lowest BCUT2D eigenvalue weighted by Crippen LogP contribution is -2.27. The first-order valence-corrected chi connectivity index (χ1v) is 9.12. The molecule has 0 bridgehead atoms. The first-order valence-electron chi connectivity index (χ1n) is 7.64. The van der Waals surface area contributed by atoms with Gasteiger partial charge in [-0.25, -0.2) is 13.1 Å². The molecule has 2 heterocycles. The van der Waals surface area contributed by atoms with Gasteiger partial charge in [0, 0.05) is 42.8 Å². The van der Waals surface area contributed by atoms with Gasteiger partial charge >= 0.3 is 0 Å². The summed E-state index contributed by atoms with van der Waals surface area (Å²) in [7, 11) is -3.74. The van der Waals surface area contributed by atoms with Gasteiger partial charge in [-0.3, -0.25) is 19.8 Å². The molecule has 0 saturated carbocycles. The van der Waals surface area contributed by atoms with E-state index in [2.05, 4.69) is 14.8 Å². The fourth-order valence-electron chi connectivity index (χ4n) is 2.29. The fourth-order valence-corrected chi connectivity index (χ4v) is 3.31. The van der Waals surface area contributed by atoms with E-state index in [-0.39, 0.29) is 17.1 Å². The molecule has 9 nitrogen and oxygen atoms in total. The Kier molecular flexibility index (Phi) is 5.05. The molecule has 1 aromatic carbocycles. The molecular weight excluding hydrogens is 358 g/mol. The van der Waals surface area contributed by atoms with Crippen molar-refractivity contribution < 1.29 is 13.3 Å². The van der Waals surface area contributed by atoms with Crippen molar-refractivity contribution in [2.45, 2.75) is 11.4 Å². The average Bonchev–Trinajstić information content (AvgIpc) is 3.11. The molecule has 0 atom stereocenters. The third-order valence-electron chi connectivity index (χ3n) is 3.61. The van der Waals surface area contributed by atoms with Crippen molar-refractivity contribution in [1.82, 2.24) is 19.5 Å². The van der Waals surface area contributed by atoms with Crippen LogP contribution in [-0.4, -0.2) is 34.7 Å². The van der Waals surface area contributed by atoms with Crippen molar-refractivity contribution in [3.63, 3.8) is 0 Å². The summed E-state index contributed by atoms with van der Waals surface area (Å²) in [5.74, 6) is 0. The number of nitro benzene ring substituents is 1. The zero-order valence-electron chi connectivity index (χ0n) is 13.5. The summed E-state index contributed by atoms with van der Waals surface area (Å²) in [4.78, 5) is 14.0. The molecule has 134 valence electrons. The van der Waals surface area contributed by atoms with Crippen molar-refractivity contribution >= 4 is 15.7 Å². The summed E-state index contributed by atoms with van der Waals surface area (Å²) in [6, 6.07) is 10.2. The van der Waals surface area contributed by atoms with E-state index in [1.54, 1.807) is 23.3 Å². The third-order valence-corrected chi connectivity index (χ3v) is 5.08. The van der Waals surface area contributed by atoms with E-state index in [1.807, 2.05) is 18.2 Å². The molecule has 3 aromatic rings. The normalized spacial score (nSPS) is 11.4. The number of non-ortho nitro benzene ring substituents is 1. The Hall–Kier alpha value is -3.11. The predicted octanol–water partition coefficient (Wildman–Crippen LogP) is 1.83. The van der Waals surface area contributed by atoms with E-state index in [1.165, 1.54) is 12.1 Å². The molecule has 0 unspecified atom stereocenters. The van der Waals surface area contributed by atoms with Gasteiger partial charge in [0.25, 0.3) is 5.69 Å². The smallest absolute Gasteiger partial charge is 0.269 e. The second kappa shape index (κ2) is 7.42. The van der Waals surface area contributed by atoms with Gasteiger partial charge in [0.2, 0.25) is 10.0 Å². The molecule has 3 rings (SSSR count). The highest BCUT2D eigenvalue weighted by Crippen LogP contribution is 2.16. The quantitative estimate of drug-likeness (QED) is 0.498. The molecule has 10 heteroatoms. The second-order valence-electron chi connectivity index (χ2n) is 5.35. The Morgan fingerprint density at radius 3 is 2.42 bits per heavy atom. The van der Waals surface area contributed by atoms with Gasteiger partial charge in [0.05, 0.1) is 22.1 Å².